The summed E-state index contributed by atoms with van der Waals surface area (Å²) in [6.07, 6.45) is 1.09. The Morgan fingerprint density at radius 2 is 1.42 bits per heavy atom. The van der Waals surface area contributed by atoms with Crippen LogP contribution in [0.1, 0.15) is 25.0 Å². The minimum absolute atomic E-state index is 0.0928. The Hall–Kier alpha value is -1.25. The third-order valence-corrected chi connectivity index (χ3v) is 4.20. The number of aliphatic hydroxyl groups excluding tert-OH is 1. The maximum absolute atomic E-state index is 9.40. The van der Waals surface area contributed by atoms with Crippen LogP contribution < -0.4 is 0 Å². The maximum Gasteiger partial charge on any atom is 0.0692 e. The average Bonchev–Trinajstić information content (AvgIpc) is 2.41. The molecule has 0 aliphatic carbocycles. The van der Waals surface area contributed by atoms with Gasteiger partial charge in [0, 0.05) is 9.79 Å². The van der Waals surface area contributed by atoms with E-state index in [4.69, 9.17) is 0 Å². The van der Waals surface area contributed by atoms with Crippen LogP contribution in [0.3, 0.4) is 0 Å². The van der Waals surface area contributed by atoms with Gasteiger partial charge in [0.25, 0.3) is 0 Å². The van der Waals surface area contributed by atoms with Gasteiger partial charge in [-0.1, -0.05) is 62.0 Å². The fourth-order valence-corrected chi connectivity index (χ4v) is 3.14. The van der Waals surface area contributed by atoms with E-state index in [0.717, 1.165) is 16.9 Å². The Labute approximate surface area is 119 Å². The zero-order valence-electron chi connectivity index (χ0n) is 11.5. The van der Waals surface area contributed by atoms with Gasteiger partial charge < -0.3 is 5.11 Å². The quantitative estimate of drug-likeness (QED) is 0.863. The molecule has 0 fully saturated rings. The molecule has 2 aromatic carbocycles. The van der Waals surface area contributed by atoms with Crippen molar-refractivity contribution in [3.05, 3.63) is 59.7 Å². The third-order valence-electron chi connectivity index (χ3n) is 2.96. The standard InChI is InChI=1S/C17H20OS/c1-13(2)11-14-7-3-5-9-16(14)19-17-10-6-4-8-15(17)12-18/h3-10,13,18H,11-12H2,1-2H3. The van der Waals surface area contributed by atoms with E-state index in [2.05, 4.69) is 44.2 Å². The second kappa shape index (κ2) is 6.78. The van der Waals surface area contributed by atoms with E-state index >= 15 is 0 Å². The van der Waals surface area contributed by atoms with E-state index in [0.29, 0.717) is 5.92 Å². The van der Waals surface area contributed by atoms with E-state index in [-0.39, 0.29) is 6.61 Å². The monoisotopic (exact) mass is 272 g/mol. The van der Waals surface area contributed by atoms with Crippen LogP contribution in [0, 0.1) is 5.92 Å². The van der Waals surface area contributed by atoms with Crippen molar-refractivity contribution >= 4 is 11.8 Å². The molecule has 2 rings (SSSR count). The Balaban J connectivity index is 2.27. The molecular weight excluding hydrogens is 252 g/mol. The van der Waals surface area contributed by atoms with Crippen LogP contribution in [0.4, 0.5) is 0 Å². The van der Waals surface area contributed by atoms with Crippen molar-refractivity contribution in [1.82, 2.24) is 0 Å². The molecular formula is C17H20OS. The second-order valence-electron chi connectivity index (χ2n) is 5.07. The number of rotatable bonds is 5. The fourth-order valence-electron chi connectivity index (χ4n) is 2.06. The van der Waals surface area contributed by atoms with Crippen molar-refractivity contribution in [2.45, 2.75) is 36.7 Å². The first-order valence-electron chi connectivity index (χ1n) is 6.65. The highest BCUT2D eigenvalue weighted by Crippen LogP contribution is 2.33. The van der Waals surface area contributed by atoms with Crippen molar-refractivity contribution in [2.24, 2.45) is 5.92 Å². The largest absolute Gasteiger partial charge is 0.392 e. The highest BCUT2D eigenvalue weighted by atomic mass is 32.2. The van der Waals surface area contributed by atoms with Gasteiger partial charge in [-0.3, -0.25) is 0 Å². The van der Waals surface area contributed by atoms with Gasteiger partial charge in [0.15, 0.2) is 0 Å². The third kappa shape index (κ3) is 3.85. The molecule has 0 aliphatic rings. The summed E-state index contributed by atoms with van der Waals surface area (Å²) in [5, 5.41) is 9.40. The van der Waals surface area contributed by atoms with E-state index in [1.165, 1.54) is 10.5 Å². The van der Waals surface area contributed by atoms with Crippen molar-refractivity contribution in [3.8, 4) is 0 Å². The summed E-state index contributed by atoms with van der Waals surface area (Å²) in [4.78, 5) is 2.43. The van der Waals surface area contributed by atoms with Gasteiger partial charge in [-0.15, -0.1) is 0 Å². The fraction of sp³-hybridized carbons (Fsp3) is 0.294. The molecule has 0 bridgehead atoms. The van der Waals surface area contributed by atoms with E-state index < -0.39 is 0 Å². The van der Waals surface area contributed by atoms with Gasteiger partial charge in [0.05, 0.1) is 6.61 Å². The van der Waals surface area contributed by atoms with Crippen LogP contribution in [0.2, 0.25) is 0 Å². The molecule has 0 atom stereocenters. The molecule has 100 valence electrons. The first kappa shape index (κ1) is 14.2. The maximum atomic E-state index is 9.40. The minimum Gasteiger partial charge on any atom is -0.392 e. The lowest BCUT2D eigenvalue weighted by atomic mass is 10.0. The predicted molar refractivity (Wildman–Crippen MR) is 81.5 cm³/mol. The highest BCUT2D eigenvalue weighted by Gasteiger charge is 2.08. The molecule has 1 nitrogen and oxygen atoms in total. The SMILES string of the molecule is CC(C)Cc1ccccc1Sc1ccccc1CO. The van der Waals surface area contributed by atoms with Crippen LogP contribution in [0.5, 0.6) is 0 Å². The summed E-state index contributed by atoms with van der Waals surface area (Å²) >= 11 is 1.75. The number of aliphatic hydroxyl groups is 1. The van der Waals surface area contributed by atoms with Gasteiger partial charge in [0.1, 0.15) is 0 Å². The first-order valence-corrected chi connectivity index (χ1v) is 7.47. The zero-order valence-corrected chi connectivity index (χ0v) is 12.3. The molecule has 1 N–H and O–H groups in total. The first-order chi connectivity index (χ1) is 9.20. The number of hydrogen-bond acceptors (Lipinski definition) is 2. The molecule has 19 heavy (non-hydrogen) atoms. The smallest absolute Gasteiger partial charge is 0.0692 e. The minimum atomic E-state index is 0.0928. The zero-order chi connectivity index (χ0) is 13.7. The molecule has 2 aromatic rings. The topological polar surface area (TPSA) is 20.2 Å². The second-order valence-corrected chi connectivity index (χ2v) is 6.16. The van der Waals surface area contributed by atoms with E-state index in [1.807, 2.05) is 18.2 Å². The number of benzene rings is 2. The molecule has 0 unspecified atom stereocenters. The average molecular weight is 272 g/mol. The molecule has 2 heteroatoms. The summed E-state index contributed by atoms with van der Waals surface area (Å²) in [5.74, 6) is 0.648. The van der Waals surface area contributed by atoms with Crippen molar-refractivity contribution < 1.29 is 5.11 Å². The predicted octanol–water partition coefficient (Wildman–Crippen LogP) is 4.53. The molecule has 0 aliphatic heterocycles. The van der Waals surface area contributed by atoms with E-state index in [1.54, 1.807) is 11.8 Å². The molecule has 0 saturated carbocycles. The summed E-state index contributed by atoms with van der Waals surface area (Å²) in [5.41, 5.74) is 2.38. The van der Waals surface area contributed by atoms with Crippen molar-refractivity contribution in [1.29, 1.82) is 0 Å². The van der Waals surface area contributed by atoms with Crippen LogP contribution in [0.15, 0.2) is 58.3 Å². The summed E-state index contributed by atoms with van der Waals surface area (Å²) < 4.78 is 0. The normalized spacial score (nSPS) is 10.9. The van der Waals surface area contributed by atoms with Crippen LogP contribution in [-0.2, 0) is 13.0 Å². The number of hydrogen-bond donors (Lipinski definition) is 1. The van der Waals surface area contributed by atoms with Gasteiger partial charge in [-0.25, -0.2) is 0 Å². The molecule has 0 saturated heterocycles. The van der Waals surface area contributed by atoms with Crippen LogP contribution >= 0.6 is 11.8 Å². The summed E-state index contributed by atoms with van der Waals surface area (Å²) in [6, 6.07) is 16.6. The lowest BCUT2D eigenvalue weighted by Crippen LogP contribution is -1.96. The van der Waals surface area contributed by atoms with Crippen LogP contribution in [0.25, 0.3) is 0 Å². The van der Waals surface area contributed by atoms with Gasteiger partial charge in [-0.2, -0.15) is 0 Å². The Morgan fingerprint density at radius 1 is 0.895 bits per heavy atom. The lowest BCUT2D eigenvalue weighted by molar-refractivity contribution is 0.279. The molecule has 0 spiro atoms. The van der Waals surface area contributed by atoms with Crippen molar-refractivity contribution in [3.63, 3.8) is 0 Å². The van der Waals surface area contributed by atoms with Crippen LogP contribution in [-0.4, -0.2) is 5.11 Å². The molecule has 0 radical (unpaired) electrons. The highest BCUT2D eigenvalue weighted by molar-refractivity contribution is 7.99. The Kier molecular flexibility index (Phi) is 5.06. The van der Waals surface area contributed by atoms with Crippen molar-refractivity contribution in [2.75, 3.05) is 0 Å². The van der Waals surface area contributed by atoms with Gasteiger partial charge >= 0.3 is 0 Å². The van der Waals surface area contributed by atoms with Gasteiger partial charge in [-0.05, 0) is 35.6 Å². The lowest BCUT2D eigenvalue weighted by Gasteiger charge is -2.12. The molecule has 0 aromatic heterocycles. The Bertz CT molecular complexity index is 534. The molecule has 0 amide bonds. The molecule has 0 heterocycles. The van der Waals surface area contributed by atoms with Gasteiger partial charge in [0.2, 0.25) is 0 Å². The summed E-state index contributed by atoms with van der Waals surface area (Å²) in [7, 11) is 0. The summed E-state index contributed by atoms with van der Waals surface area (Å²) in [6.45, 7) is 4.57. The Morgan fingerprint density at radius 3 is 2.00 bits per heavy atom. The van der Waals surface area contributed by atoms with E-state index in [9.17, 15) is 5.11 Å².